The van der Waals surface area contributed by atoms with Gasteiger partial charge in [-0.05, 0) is 24.6 Å². The molecule has 10 heteroatoms. The van der Waals surface area contributed by atoms with E-state index in [-0.39, 0.29) is 24.4 Å². The van der Waals surface area contributed by atoms with Crippen LogP contribution in [0.5, 0.6) is 0 Å². The minimum Gasteiger partial charge on any atom is -0.465 e. The van der Waals surface area contributed by atoms with E-state index in [1.165, 1.54) is 35.0 Å². The number of carbonyl (C=O) groups is 1. The third-order valence-corrected chi connectivity index (χ3v) is 4.07. The van der Waals surface area contributed by atoms with Gasteiger partial charge in [0, 0.05) is 18.3 Å². The third-order valence-electron chi connectivity index (χ3n) is 4.07. The predicted molar refractivity (Wildman–Crippen MR) is 99.1 cm³/mol. The highest BCUT2D eigenvalue weighted by atomic mass is 16.6. The zero-order chi connectivity index (χ0) is 20.3. The van der Waals surface area contributed by atoms with Gasteiger partial charge in [0.15, 0.2) is 5.52 Å². The van der Waals surface area contributed by atoms with E-state index in [1.54, 1.807) is 19.1 Å². The van der Waals surface area contributed by atoms with Crippen molar-refractivity contribution in [2.75, 3.05) is 6.61 Å². The molecule has 144 valence electrons. The molecular weight excluding hydrogens is 368 g/mol. The summed E-state index contributed by atoms with van der Waals surface area (Å²) in [5, 5.41) is 10.8. The average Bonchev–Trinajstić information content (AvgIpc) is 2.69. The fourth-order valence-corrected chi connectivity index (χ4v) is 2.78. The molecule has 3 aromatic rings. The zero-order valence-electron chi connectivity index (χ0n) is 14.9. The number of benzene rings is 1. The van der Waals surface area contributed by atoms with Crippen molar-refractivity contribution in [1.29, 1.82) is 0 Å². The average molecular weight is 384 g/mol. The molecule has 0 saturated carbocycles. The summed E-state index contributed by atoms with van der Waals surface area (Å²) in [6.07, 6.45) is 1.42. The summed E-state index contributed by atoms with van der Waals surface area (Å²) in [4.78, 5) is 51.7. The van der Waals surface area contributed by atoms with Crippen LogP contribution in [0, 0.1) is 10.1 Å². The smallest absolute Gasteiger partial charge is 0.332 e. The maximum Gasteiger partial charge on any atom is 0.332 e. The van der Waals surface area contributed by atoms with E-state index in [2.05, 4.69) is 4.98 Å². The van der Waals surface area contributed by atoms with Crippen molar-refractivity contribution < 1.29 is 14.5 Å². The Labute approximate surface area is 157 Å². The minimum atomic E-state index is -0.709. The second kappa shape index (κ2) is 7.82. The quantitative estimate of drug-likeness (QED) is 0.353. The summed E-state index contributed by atoms with van der Waals surface area (Å²) in [7, 11) is 0. The van der Waals surface area contributed by atoms with Gasteiger partial charge in [-0.2, -0.15) is 0 Å². The Morgan fingerprint density at radius 1 is 1.18 bits per heavy atom. The number of hydrogen-bond donors (Lipinski definition) is 0. The minimum absolute atomic E-state index is 0.0355. The van der Waals surface area contributed by atoms with Crippen LogP contribution in [0.2, 0.25) is 0 Å². The molecule has 0 amide bonds. The molecule has 0 aliphatic rings. The van der Waals surface area contributed by atoms with Gasteiger partial charge in [0.2, 0.25) is 0 Å². The van der Waals surface area contributed by atoms with E-state index in [0.717, 1.165) is 4.57 Å². The second-order valence-electron chi connectivity index (χ2n) is 5.86. The summed E-state index contributed by atoms with van der Waals surface area (Å²) >= 11 is 0. The van der Waals surface area contributed by atoms with Crippen molar-refractivity contribution in [3.8, 4) is 0 Å². The number of aromatic nitrogens is 3. The van der Waals surface area contributed by atoms with Crippen LogP contribution in [-0.2, 0) is 22.6 Å². The number of fused-ring (bicyclic) bond motifs is 1. The molecule has 3 rings (SSSR count). The number of non-ortho nitro benzene ring substituents is 1. The number of esters is 1. The normalized spacial score (nSPS) is 10.8. The van der Waals surface area contributed by atoms with Gasteiger partial charge in [-0.3, -0.25) is 24.3 Å². The standard InChI is InChI=1S/C18H16N4O6/c1-2-28-15(23)11-21-17(24)16-14(4-3-9-19-16)20(18(21)25)10-12-5-7-13(8-6-12)22(26)27/h3-9H,2,10-11H2,1H3. The summed E-state index contributed by atoms with van der Waals surface area (Å²) in [5.41, 5.74) is -0.510. The van der Waals surface area contributed by atoms with Crippen molar-refractivity contribution >= 4 is 22.7 Å². The van der Waals surface area contributed by atoms with Crippen molar-refractivity contribution in [2.45, 2.75) is 20.0 Å². The SMILES string of the molecule is CCOC(=O)Cn1c(=O)c2ncccc2n(Cc2ccc([N+](=O)[O-])cc2)c1=O. The van der Waals surface area contributed by atoms with Crippen LogP contribution in [0.3, 0.4) is 0 Å². The molecule has 28 heavy (non-hydrogen) atoms. The molecule has 0 aliphatic carbocycles. The highest BCUT2D eigenvalue weighted by Gasteiger charge is 2.17. The molecular formula is C18H16N4O6. The molecule has 2 aromatic heterocycles. The monoisotopic (exact) mass is 384 g/mol. The molecule has 0 fully saturated rings. The van der Waals surface area contributed by atoms with Gasteiger partial charge in [-0.25, -0.2) is 14.3 Å². The van der Waals surface area contributed by atoms with Gasteiger partial charge in [0.1, 0.15) is 6.54 Å². The van der Waals surface area contributed by atoms with Crippen LogP contribution in [0.25, 0.3) is 11.0 Å². The van der Waals surface area contributed by atoms with Crippen molar-refractivity contribution in [3.63, 3.8) is 0 Å². The molecule has 0 atom stereocenters. The molecule has 2 heterocycles. The summed E-state index contributed by atoms with van der Waals surface area (Å²) in [5.74, 6) is -0.709. The molecule has 0 aliphatic heterocycles. The van der Waals surface area contributed by atoms with E-state index in [1.807, 2.05) is 0 Å². The zero-order valence-corrected chi connectivity index (χ0v) is 14.9. The third kappa shape index (κ3) is 3.65. The summed E-state index contributed by atoms with van der Waals surface area (Å²) < 4.78 is 6.90. The molecule has 0 bridgehead atoms. The van der Waals surface area contributed by atoms with Gasteiger partial charge in [0.25, 0.3) is 11.2 Å². The Balaban J connectivity index is 2.12. The lowest BCUT2D eigenvalue weighted by atomic mass is 10.2. The number of rotatable bonds is 6. The van der Waals surface area contributed by atoms with Crippen LogP contribution in [0.15, 0.2) is 52.2 Å². The Kier molecular flexibility index (Phi) is 5.30. The molecule has 10 nitrogen and oxygen atoms in total. The lowest BCUT2D eigenvalue weighted by Crippen LogP contribution is -2.42. The molecule has 0 spiro atoms. The lowest BCUT2D eigenvalue weighted by molar-refractivity contribution is -0.384. The van der Waals surface area contributed by atoms with Crippen molar-refractivity contribution in [3.05, 3.63) is 79.1 Å². The fourth-order valence-electron chi connectivity index (χ4n) is 2.78. The summed E-state index contributed by atoms with van der Waals surface area (Å²) in [6, 6.07) is 8.86. The topological polar surface area (TPSA) is 126 Å². The Hall–Kier alpha value is -3.82. The Morgan fingerprint density at radius 2 is 1.89 bits per heavy atom. The summed E-state index contributed by atoms with van der Waals surface area (Å²) in [6.45, 7) is 1.26. The number of carbonyl (C=O) groups excluding carboxylic acids is 1. The molecule has 0 radical (unpaired) electrons. The number of nitrogens with zero attached hydrogens (tertiary/aromatic N) is 4. The first kappa shape index (κ1) is 19.0. The highest BCUT2D eigenvalue weighted by molar-refractivity contribution is 5.74. The van der Waals surface area contributed by atoms with Gasteiger partial charge >= 0.3 is 11.7 Å². The van der Waals surface area contributed by atoms with Crippen LogP contribution in [0.4, 0.5) is 5.69 Å². The van der Waals surface area contributed by atoms with Gasteiger partial charge in [-0.1, -0.05) is 12.1 Å². The first-order valence-corrected chi connectivity index (χ1v) is 8.39. The number of pyridine rings is 1. The highest BCUT2D eigenvalue weighted by Crippen LogP contribution is 2.14. The molecule has 0 saturated heterocycles. The fraction of sp³-hybridized carbons (Fsp3) is 0.222. The first-order valence-electron chi connectivity index (χ1n) is 8.39. The Bertz CT molecular complexity index is 1160. The second-order valence-corrected chi connectivity index (χ2v) is 5.86. The predicted octanol–water partition coefficient (Wildman–Crippen LogP) is 1.08. The molecule has 1 aromatic carbocycles. The van der Waals surface area contributed by atoms with Crippen LogP contribution in [-0.4, -0.2) is 31.6 Å². The number of nitro benzene ring substituents is 1. The van der Waals surface area contributed by atoms with Gasteiger partial charge in [-0.15, -0.1) is 0 Å². The molecule has 0 N–H and O–H groups in total. The van der Waals surface area contributed by atoms with Crippen LogP contribution < -0.4 is 11.2 Å². The van der Waals surface area contributed by atoms with E-state index in [9.17, 15) is 24.5 Å². The van der Waals surface area contributed by atoms with Gasteiger partial charge < -0.3 is 4.74 Å². The van der Waals surface area contributed by atoms with Crippen molar-refractivity contribution in [2.24, 2.45) is 0 Å². The van der Waals surface area contributed by atoms with Crippen LogP contribution in [0.1, 0.15) is 12.5 Å². The van der Waals surface area contributed by atoms with E-state index < -0.39 is 28.7 Å². The van der Waals surface area contributed by atoms with E-state index in [4.69, 9.17) is 4.74 Å². The van der Waals surface area contributed by atoms with Crippen molar-refractivity contribution in [1.82, 2.24) is 14.1 Å². The number of ether oxygens (including phenoxy) is 1. The van der Waals surface area contributed by atoms with E-state index >= 15 is 0 Å². The van der Waals surface area contributed by atoms with Gasteiger partial charge in [0.05, 0.1) is 23.6 Å². The first-order chi connectivity index (χ1) is 13.4. The van der Waals surface area contributed by atoms with Crippen LogP contribution >= 0.6 is 0 Å². The largest absolute Gasteiger partial charge is 0.465 e. The number of nitro groups is 1. The maximum atomic E-state index is 12.9. The number of hydrogen-bond acceptors (Lipinski definition) is 7. The maximum absolute atomic E-state index is 12.9. The molecule has 0 unspecified atom stereocenters. The van der Waals surface area contributed by atoms with E-state index in [0.29, 0.717) is 11.1 Å². The lowest BCUT2D eigenvalue weighted by Gasteiger charge is -2.13. The Morgan fingerprint density at radius 3 is 2.54 bits per heavy atom.